The van der Waals surface area contributed by atoms with Crippen molar-refractivity contribution in [1.29, 1.82) is 0 Å². The number of anilines is 1. The fourth-order valence-electron chi connectivity index (χ4n) is 4.51. The van der Waals surface area contributed by atoms with Crippen LogP contribution in [0.5, 0.6) is 11.5 Å². The summed E-state index contributed by atoms with van der Waals surface area (Å²) in [5.41, 5.74) is 3.75. The van der Waals surface area contributed by atoms with E-state index in [4.69, 9.17) is 26.1 Å². The monoisotopic (exact) mass is 461 g/mol. The predicted octanol–water partition coefficient (Wildman–Crippen LogP) is 5.28. The Morgan fingerprint density at radius 3 is 2.67 bits per heavy atom. The summed E-state index contributed by atoms with van der Waals surface area (Å²) in [4.78, 5) is 19.9. The first-order valence-corrected chi connectivity index (χ1v) is 11.2. The van der Waals surface area contributed by atoms with Gasteiger partial charge in [0.15, 0.2) is 0 Å². The Balaban J connectivity index is 1.53. The molecule has 3 aromatic carbocycles. The number of imidazole rings is 1. The van der Waals surface area contributed by atoms with E-state index in [0.29, 0.717) is 41.7 Å². The Bertz CT molecular complexity index is 1330. The normalized spacial score (nSPS) is 15.9. The van der Waals surface area contributed by atoms with Crippen LogP contribution in [0.15, 0.2) is 66.7 Å². The Hall–Kier alpha value is -3.51. The van der Waals surface area contributed by atoms with Crippen molar-refractivity contribution in [3.05, 3.63) is 83.1 Å². The smallest absolute Gasteiger partial charge is 0.227 e. The van der Waals surface area contributed by atoms with Crippen LogP contribution in [0.1, 0.15) is 23.7 Å². The molecule has 0 unspecified atom stereocenters. The minimum absolute atomic E-state index is 0.0351. The molecule has 33 heavy (non-hydrogen) atoms. The number of hydrogen-bond acceptors (Lipinski definition) is 4. The maximum absolute atomic E-state index is 13.1. The van der Waals surface area contributed by atoms with Crippen molar-refractivity contribution in [3.63, 3.8) is 0 Å². The van der Waals surface area contributed by atoms with E-state index in [2.05, 4.69) is 16.7 Å². The van der Waals surface area contributed by atoms with E-state index in [9.17, 15) is 4.79 Å². The number of fused-ring (bicyclic) bond motifs is 1. The lowest BCUT2D eigenvalue weighted by Gasteiger charge is -2.20. The summed E-state index contributed by atoms with van der Waals surface area (Å²) in [6.45, 7) is 1.14. The number of amides is 1. The molecular weight excluding hydrogens is 438 g/mol. The van der Waals surface area contributed by atoms with Crippen LogP contribution in [0.3, 0.4) is 0 Å². The van der Waals surface area contributed by atoms with Gasteiger partial charge in [0.2, 0.25) is 5.91 Å². The predicted molar refractivity (Wildman–Crippen MR) is 130 cm³/mol. The van der Waals surface area contributed by atoms with Gasteiger partial charge in [-0.3, -0.25) is 4.79 Å². The molecule has 0 aliphatic carbocycles. The van der Waals surface area contributed by atoms with Gasteiger partial charge < -0.3 is 18.9 Å². The SMILES string of the molecule is COc1ccc(OC)c(N2C[C@H](c3nc4ccccc4n3Cc3cccc(Cl)c3)CC2=O)c1. The molecule has 7 heteroatoms. The highest BCUT2D eigenvalue weighted by molar-refractivity contribution is 6.30. The second-order valence-corrected chi connectivity index (χ2v) is 8.55. The molecule has 6 nitrogen and oxygen atoms in total. The zero-order valence-corrected chi connectivity index (χ0v) is 19.2. The first-order chi connectivity index (χ1) is 16.1. The van der Waals surface area contributed by atoms with Crippen molar-refractivity contribution in [3.8, 4) is 11.5 Å². The lowest BCUT2D eigenvalue weighted by Crippen LogP contribution is -2.25. The van der Waals surface area contributed by atoms with Crippen LogP contribution >= 0.6 is 11.6 Å². The minimum atomic E-state index is -0.0556. The number of rotatable bonds is 6. The summed E-state index contributed by atoms with van der Waals surface area (Å²) in [5, 5.41) is 0.700. The van der Waals surface area contributed by atoms with Crippen LogP contribution in [0, 0.1) is 0 Å². The number of benzene rings is 3. The van der Waals surface area contributed by atoms with Crippen LogP contribution in [0.4, 0.5) is 5.69 Å². The molecule has 168 valence electrons. The first-order valence-electron chi connectivity index (χ1n) is 10.8. The Morgan fingerprint density at radius 1 is 1.03 bits per heavy atom. The van der Waals surface area contributed by atoms with Crippen molar-refractivity contribution < 1.29 is 14.3 Å². The second-order valence-electron chi connectivity index (χ2n) is 8.12. The fourth-order valence-corrected chi connectivity index (χ4v) is 4.72. The number of para-hydroxylation sites is 2. The average Bonchev–Trinajstić information content (AvgIpc) is 3.39. The molecule has 1 fully saturated rings. The molecule has 0 N–H and O–H groups in total. The van der Waals surface area contributed by atoms with E-state index in [1.54, 1.807) is 19.1 Å². The van der Waals surface area contributed by atoms with Crippen LogP contribution in [-0.2, 0) is 11.3 Å². The molecule has 1 aliphatic heterocycles. The highest BCUT2D eigenvalue weighted by Crippen LogP contribution is 2.39. The molecule has 4 aromatic rings. The number of methoxy groups -OCH3 is 2. The van der Waals surface area contributed by atoms with E-state index < -0.39 is 0 Å². The molecule has 1 aromatic heterocycles. The molecule has 1 saturated heterocycles. The summed E-state index contributed by atoms with van der Waals surface area (Å²) in [5.74, 6) is 2.19. The molecule has 0 saturated carbocycles. The van der Waals surface area contributed by atoms with Gasteiger partial charge in [0.05, 0.1) is 30.9 Å². The number of aromatic nitrogens is 2. The van der Waals surface area contributed by atoms with Gasteiger partial charge in [-0.05, 0) is 42.0 Å². The summed E-state index contributed by atoms with van der Waals surface area (Å²) >= 11 is 6.23. The largest absolute Gasteiger partial charge is 0.497 e. The second kappa shape index (κ2) is 8.79. The topological polar surface area (TPSA) is 56.6 Å². The quantitative estimate of drug-likeness (QED) is 0.392. The van der Waals surface area contributed by atoms with E-state index in [-0.39, 0.29) is 11.8 Å². The van der Waals surface area contributed by atoms with E-state index in [1.165, 1.54) is 0 Å². The summed E-state index contributed by atoms with van der Waals surface area (Å²) in [6.07, 6.45) is 0.374. The van der Waals surface area contributed by atoms with Crippen LogP contribution in [0.2, 0.25) is 5.02 Å². The number of ether oxygens (including phenoxy) is 2. The van der Waals surface area contributed by atoms with Crippen molar-refractivity contribution in [1.82, 2.24) is 9.55 Å². The van der Waals surface area contributed by atoms with Gasteiger partial charge in [0, 0.05) is 36.5 Å². The van der Waals surface area contributed by atoms with Crippen molar-refractivity contribution in [2.24, 2.45) is 0 Å². The van der Waals surface area contributed by atoms with Gasteiger partial charge in [0.25, 0.3) is 0 Å². The zero-order chi connectivity index (χ0) is 22.9. The van der Waals surface area contributed by atoms with Gasteiger partial charge >= 0.3 is 0 Å². The molecule has 0 bridgehead atoms. The van der Waals surface area contributed by atoms with Crippen molar-refractivity contribution in [2.45, 2.75) is 18.9 Å². The molecular formula is C26H24ClN3O3. The molecule has 5 rings (SSSR count). The third-order valence-electron chi connectivity index (χ3n) is 6.08. The third kappa shape index (κ3) is 4.02. The number of nitrogens with zero attached hydrogens (tertiary/aromatic N) is 3. The summed E-state index contributed by atoms with van der Waals surface area (Å²) in [7, 11) is 3.21. The third-order valence-corrected chi connectivity index (χ3v) is 6.32. The molecule has 1 amide bonds. The Kier molecular flexibility index (Phi) is 5.68. The Labute approximate surface area is 197 Å². The molecule has 2 heterocycles. The zero-order valence-electron chi connectivity index (χ0n) is 18.5. The standard InChI is InChI=1S/C26H24ClN3O3/c1-32-20-10-11-24(33-2)23(14-20)29-16-18(13-25(29)31)26-28-21-8-3-4-9-22(21)30(26)15-17-6-5-7-19(27)12-17/h3-12,14,18H,13,15-16H2,1-2H3/t18-/m1/s1. The lowest BCUT2D eigenvalue weighted by atomic mass is 10.1. The number of carbonyl (C=O) groups excluding carboxylic acids is 1. The first kappa shape index (κ1) is 21.3. The summed E-state index contributed by atoms with van der Waals surface area (Å²) in [6, 6.07) is 21.4. The van der Waals surface area contributed by atoms with E-state index in [0.717, 1.165) is 22.4 Å². The highest BCUT2D eigenvalue weighted by atomic mass is 35.5. The highest BCUT2D eigenvalue weighted by Gasteiger charge is 2.36. The maximum atomic E-state index is 13.1. The van der Waals surface area contributed by atoms with Crippen LogP contribution in [-0.4, -0.2) is 36.2 Å². The fraction of sp³-hybridized carbons (Fsp3) is 0.231. The maximum Gasteiger partial charge on any atom is 0.227 e. The van der Waals surface area contributed by atoms with Crippen LogP contribution in [0.25, 0.3) is 11.0 Å². The lowest BCUT2D eigenvalue weighted by molar-refractivity contribution is -0.117. The van der Waals surface area contributed by atoms with E-state index in [1.807, 2.05) is 54.6 Å². The minimum Gasteiger partial charge on any atom is -0.497 e. The molecule has 0 spiro atoms. The number of carbonyl (C=O) groups is 1. The van der Waals surface area contributed by atoms with Gasteiger partial charge in [-0.1, -0.05) is 35.9 Å². The average molecular weight is 462 g/mol. The Morgan fingerprint density at radius 2 is 1.88 bits per heavy atom. The molecule has 1 atom stereocenters. The van der Waals surface area contributed by atoms with Crippen LogP contribution < -0.4 is 14.4 Å². The van der Waals surface area contributed by atoms with Gasteiger partial charge in [0.1, 0.15) is 17.3 Å². The summed E-state index contributed by atoms with van der Waals surface area (Å²) < 4.78 is 13.1. The van der Waals surface area contributed by atoms with Crippen molar-refractivity contribution >= 4 is 34.2 Å². The van der Waals surface area contributed by atoms with Gasteiger partial charge in [-0.2, -0.15) is 0 Å². The molecule has 0 radical (unpaired) electrons. The number of hydrogen-bond donors (Lipinski definition) is 0. The van der Waals surface area contributed by atoms with Crippen molar-refractivity contribution in [2.75, 3.05) is 25.7 Å². The molecule has 1 aliphatic rings. The van der Waals surface area contributed by atoms with Gasteiger partial charge in [-0.25, -0.2) is 4.98 Å². The number of halogens is 1. The van der Waals surface area contributed by atoms with Gasteiger partial charge in [-0.15, -0.1) is 0 Å². The van der Waals surface area contributed by atoms with E-state index >= 15 is 0 Å².